The van der Waals surface area contributed by atoms with E-state index in [9.17, 15) is 9.59 Å². The van der Waals surface area contributed by atoms with Crippen LogP contribution in [-0.4, -0.2) is 27.8 Å². The summed E-state index contributed by atoms with van der Waals surface area (Å²) in [6, 6.07) is -0.438. The molecule has 2 unspecified atom stereocenters. The second-order valence-corrected chi connectivity index (χ2v) is 4.80. The van der Waals surface area contributed by atoms with Crippen LogP contribution in [0.15, 0.2) is 12.4 Å². The van der Waals surface area contributed by atoms with Crippen LogP contribution in [0.25, 0.3) is 0 Å². The van der Waals surface area contributed by atoms with Crippen LogP contribution >= 0.6 is 0 Å². The summed E-state index contributed by atoms with van der Waals surface area (Å²) in [6.07, 6.45) is 5.39. The summed E-state index contributed by atoms with van der Waals surface area (Å²) < 4.78 is 0. The number of carbonyl (C=O) groups excluding carboxylic acids is 2. The zero-order valence-corrected chi connectivity index (χ0v) is 11.1. The molecule has 2 rings (SSSR count). The maximum absolute atomic E-state index is 11.6. The van der Waals surface area contributed by atoms with Crippen molar-refractivity contribution in [2.24, 2.45) is 0 Å². The van der Waals surface area contributed by atoms with Crippen LogP contribution in [0.1, 0.15) is 44.6 Å². The Kier molecular flexibility index (Phi) is 4.09. The summed E-state index contributed by atoms with van der Waals surface area (Å²) in [7, 11) is 0. The van der Waals surface area contributed by atoms with E-state index >= 15 is 0 Å². The van der Waals surface area contributed by atoms with E-state index in [2.05, 4.69) is 34.4 Å². The van der Waals surface area contributed by atoms with E-state index in [-0.39, 0.29) is 11.8 Å². The van der Waals surface area contributed by atoms with Crippen molar-refractivity contribution in [2.45, 2.75) is 45.1 Å². The lowest BCUT2D eigenvalue weighted by molar-refractivity contribution is -0.133. The smallest absolute Gasteiger partial charge is 0.249 e. The molecule has 0 aromatic carbocycles. The summed E-state index contributed by atoms with van der Waals surface area (Å²) in [6.45, 7) is 4.23. The van der Waals surface area contributed by atoms with Crippen LogP contribution in [-0.2, 0) is 9.59 Å². The van der Waals surface area contributed by atoms with E-state index in [0.717, 1.165) is 12.0 Å². The molecular formula is C13H18N4O2. The minimum atomic E-state index is -0.438. The van der Waals surface area contributed by atoms with Crippen molar-refractivity contribution in [3.8, 4) is 0 Å². The fourth-order valence-corrected chi connectivity index (χ4v) is 1.89. The maximum atomic E-state index is 11.6. The van der Waals surface area contributed by atoms with Crippen LogP contribution < -0.4 is 10.6 Å². The first kappa shape index (κ1) is 13.5. The van der Waals surface area contributed by atoms with Crippen LogP contribution in [0.4, 0.5) is 5.95 Å². The first-order valence-corrected chi connectivity index (χ1v) is 6.52. The molecule has 0 spiro atoms. The Hall–Kier alpha value is -1.98. The number of imide groups is 1. The Morgan fingerprint density at radius 2 is 2.11 bits per heavy atom. The highest BCUT2D eigenvalue weighted by molar-refractivity contribution is 6.01. The van der Waals surface area contributed by atoms with Crippen molar-refractivity contribution in [2.75, 3.05) is 5.32 Å². The van der Waals surface area contributed by atoms with Crippen molar-refractivity contribution in [1.29, 1.82) is 0 Å². The number of anilines is 1. The molecule has 2 atom stereocenters. The number of hydrogen-bond acceptors (Lipinski definition) is 5. The number of nitrogens with zero attached hydrogens (tertiary/aromatic N) is 2. The van der Waals surface area contributed by atoms with E-state index in [1.807, 2.05) is 0 Å². The third kappa shape index (κ3) is 3.27. The van der Waals surface area contributed by atoms with Gasteiger partial charge in [-0.05, 0) is 24.3 Å². The van der Waals surface area contributed by atoms with Gasteiger partial charge in [0.05, 0.1) is 0 Å². The van der Waals surface area contributed by atoms with E-state index in [4.69, 9.17) is 0 Å². The lowest BCUT2D eigenvalue weighted by Crippen LogP contribution is -2.47. The number of rotatable bonds is 4. The van der Waals surface area contributed by atoms with E-state index in [1.54, 1.807) is 12.4 Å². The first-order chi connectivity index (χ1) is 9.10. The lowest BCUT2D eigenvalue weighted by Gasteiger charge is -2.21. The van der Waals surface area contributed by atoms with Gasteiger partial charge in [0.1, 0.15) is 6.04 Å². The molecule has 6 nitrogen and oxygen atoms in total. The molecule has 2 N–H and O–H groups in total. The molecule has 0 radical (unpaired) electrons. The Labute approximate surface area is 112 Å². The standard InChI is InChI=1S/C13H18N4O2/c1-3-8(2)9-6-14-13(15-7-9)16-10-4-5-11(18)17-12(10)19/h6-8,10H,3-5H2,1-2H3,(H,14,15,16)(H,17,18,19). The number of hydrogen-bond donors (Lipinski definition) is 2. The van der Waals surface area contributed by atoms with Gasteiger partial charge in [0.2, 0.25) is 17.8 Å². The average molecular weight is 262 g/mol. The van der Waals surface area contributed by atoms with Crippen LogP contribution in [0.3, 0.4) is 0 Å². The Bertz CT molecular complexity index is 472. The molecule has 1 aromatic rings. The number of piperidine rings is 1. The molecule has 1 aliphatic heterocycles. The van der Waals surface area contributed by atoms with Crippen molar-refractivity contribution in [3.63, 3.8) is 0 Å². The largest absolute Gasteiger partial charge is 0.342 e. The van der Waals surface area contributed by atoms with Crippen LogP contribution in [0.5, 0.6) is 0 Å². The normalized spacial score (nSPS) is 20.8. The van der Waals surface area contributed by atoms with E-state index in [1.165, 1.54) is 0 Å². The predicted octanol–water partition coefficient (Wildman–Crippen LogP) is 1.21. The fourth-order valence-electron chi connectivity index (χ4n) is 1.89. The summed E-state index contributed by atoms with van der Waals surface area (Å²) in [4.78, 5) is 31.0. The summed E-state index contributed by atoms with van der Waals surface area (Å²) in [5.41, 5.74) is 1.08. The lowest BCUT2D eigenvalue weighted by atomic mass is 10.0. The van der Waals surface area contributed by atoms with Crippen molar-refractivity contribution >= 4 is 17.8 Å². The highest BCUT2D eigenvalue weighted by atomic mass is 16.2. The van der Waals surface area contributed by atoms with Crippen molar-refractivity contribution in [3.05, 3.63) is 18.0 Å². The second kappa shape index (κ2) is 5.77. The molecule has 102 valence electrons. The zero-order chi connectivity index (χ0) is 13.8. The predicted molar refractivity (Wildman–Crippen MR) is 70.5 cm³/mol. The first-order valence-electron chi connectivity index (χ1n) is 6.52. The second-order valence-electron chi connectivity index (χ2n) is 4.80. The van der Waals surface area contributed by atoms with Crippen LogP contribution in [0.2, 0.25) is 0 Å². The van der Waals surface area contributed by atoms with Crippen molar-refractivity contribution < 1.29 is 9.59 Å². The number of amides is 2. The Balaban J connectivity index is 1.99. The Morgan fingerprint density at radius 3 is 2.68 bits per heavy atom. The molecule has 1 fully saturated rings. The molecule has 1 aromatic heterocycles. The van der Waals surface area contributed by atoms with Gasteiger partial charge in [0.25, 0.3) is 0 Å². The number of aromatic nitrogens is 2. The molecule has 6 heteroatoms. The van der Waals surface area contributed by atoms with Crippen molar-refractivity contribution in [1.82, 2.24) is 15.3 Å². The van der Waals surface area contributed by atoms with Gasteiger partial charge < -0.3 is 5.32 Å². The maximum Gasteiger partial charge on any atom is 0.249 e. The molecule has 0 saturated carbocycles. The fraction of sp³-hybridized carbons (Fsp3) is 0.538. The molecule has 0 aliphatic carbocycles. The van der Waals surface area contributed by atoms with Crippen LogP contribution in [0, 0.1) is 0 Å². The quantitative estimate of drug-likeness (QED) is 0.797. The highest BCUT2D eigenvalue weighted by Gasteiger charge is 2.26. The van der Waals surface area contributed by atoms with E-state index < -0.39 is 6.04 Å². The third-order valence-corrected chi connectivity index (χ3v) is 3.40. The molecule has 1 saturated heterocycles. The van der Waals surface area contributed by atoms with E-state index in [0.29, 0.717) is 24.7 Å². The number of nitrogens with one attached hydrogen (secondary N) is 2. The molecule has 1 aliphatic rings. The molecule has 2 amide bonds. The minimum absolute atomic E-state index is 0.226. The Morgan fingerprint density at radius 1 is 1.42 bits per heavy atom. The van der Waals surface area contributed by atoms with Gasteiger partial charge in [0.15, 0.2) is 0 Å². The van der Waals surface area contributed by atoms with Gasteiger partial charge in [0, 0.05) is 18.8 Å². The summed E-state index contributed by atoms with van der Waals surface area (Å²) in [5.74, 6) is 0.299. The topological polar surface area (TPSA) is 84.0 Å². The zero-order valence-electron chi connectivity index (χ0n) is 11.1. The summed E-state index contributed by atoms with van der Waals surface area (Å²) >= 11 is 0. The average Bonchev–Trinajstić information content (AvgIpc) is 2.42. The monoisotopic (exact) mass is 262 g/mol. The SMILES string of the molecule is CCC(C)c1cnc(NC2CCC(=O)NC2=O)nc1. The van der Waals surface area contributed by atoms with Gasteiger partial charge >= 0.3 is 0 Å². The van der Waals surface area contributed by atoms with Gasteiger partial charge in [-0.2, -0.15) is 0 Å². The van der Waals surface area contributed by atoms with Gasteiger partial charge in [-0.1, -0.05) is 13.8 Å². The van der Waals surface area contributed by atoms with Gasteiger partial charge in [-0.3, -0.25) is 14.9 Å². The third-order valence-electron chi connectivity index (χ3n) is 3.40. The minimum Gasteiger partial charge on any atom is -0.342 e. The summed E-state index contributed by atoms with van der Waals surface area (Å²) in [5, 5.41) is 5.24. The van der Waals surface area contributed by atoms with Gasteiger partial charge in [-0.25, -0.2) is 9.97 Å². The molecule has 19 heavy (non-hydrogen) atoms. The van der Waals surface area contributed by atoms with Gasteiger partial charge in [-0.15, -0.1) is 0 Å². The molecular weight excluding hydrogens is 244 g/mol. The number of carbonyl (C=O) groups is 2. The molecule has 0 bridgehead atoms. The molecule has 2 heterocycles. The highest BCUT2D eigenvalue weighted by Crippen LogP contribution is 2.17.